The third-order valence-electron chi connectivity index (χ3n) is 3.41. The molecule has 0 aliphatic heterocycles. The summed E-state index contributed by atoms with van der Waals surface area (Å²) in [7, 11) is 0. The summed E-state index contributed by atoms with van der Waals surface area (Å²) in [5, 5.41) is 9.77. The van der Waals surface area contributed by atoms with E-state index < -0.39 is 0 Å². The Labute approximate surface area is 105 Å². The minimum atomic E-state index is 0.136. The lowest BCUT2D eigenvalue weighted by Crippen LogP contribution is -2.14. The monoisotopic (exact) mass is 241 g/mol. The van der Waals surface area contributed by atoms with E-state index in [9.17, 15) is 4.79 Å². The van der Waals surface area contributed by atoms with E-state index in [1.165, 1.54) is 0 Å². The van der Waals surface area contributed by atoms with Gasteiger partial charge in [-0.1, -0.05) is 19.1 Å². The van der Waals surface area contributed by atoms with Crippen molar-refractivity contribution in [2.75, 3.05) is 5.32 Å². The average molecular weight is 241 g/mol. The quantitative estimate of drug-likeness (QED) is 0.868. The summed E-state index contributed by atoms with van der Waals surface area (Å²) in [6, 6.07) is 9.70. The van der Waals surface area contributed by atoms with E-state index in [0.717, 1.165) is 23.4 Å². The summed E-state index contributed by atoms with van der Waals surface area (Å²) in [5.41, 5.74) is 2.89. The van der Waals surface area contributed by atoms with Crippen LogP contribution < -0.4 is 5.32 Å². The molecule has 1 saturated carbocycles. The van der Waals surface area contributed by atoms with Crippen molar-refractivity contribution in [1.82, 2.24) is 10.2 Å². The Morgan fingerprint density at radius 3 is 2.61 bits per heavy atom. The highest BCUT2D eigenvalue weighted by molar-refractivity contribution is 5.94. The molecule has 3 rings (SSSR count). The van der Waals surface area contributed by atoms with Crippen LogP contribution in [0.3, 0.4) is 0 Å². The lowest BCUT2D eigenvalue weighted by molar-refractivity contribution is -0.117. The van der Waals surface area contributed by atoms with Gasteiger partial charge >= 0.3 is 0 Å². The van der Waals surface area contributed by atoms with Crippen molar-refractivity contribution in [2.24, 2.45) is 11.8 Å². The predicted octanol–water partition coefficient (Wildman–Crippen LogP) is 2.67. The van der Waals surface area contributed by atoms with Gasteiger partial charge in [0.15, 0.2) is 0 Å². The van der Waals surface area contributed by atoms with Crippen LogP contribution in [0.5, 0.6) is 0 Å². The second kappa shape index (κ2) is 4.29. The zero-order valence-corrected chi connectivity index (χ0v) is 10.2. The van der Waals surface area contributed by atoms with Crippen LogP contribution >= 0.6 is 0 Å². The molecule has 92 valence electrons. The van der Waals surface area contributed by atoms with Crippen molar-refractivity contribution in [3.63, 3.8) is 0 Å². The Morgan fingerprint density at radius 2 is 2.06 bits per heavy atom. The first-order valence-corrected chi connectivity index (χ1v) is 6.15. The normalized spacial score (nSPS) is 21.6. The Kier molecular flexibility index (Phi) is 2.63. The van der Waals surface area contributed by atoms with Crippen LogP contribution in [0.2, 0.25) is 0 Å². The number of hydrogen-bond acceptors (Lipinski definition) is 2. The van der Waals surface area contributed by atoms with E-state index in [-0.39, 0.29) is 11.8 Å². The molecule has 2 aromatic rings. The van der Waals surface area contributed by atoms with Crippen LogP contribution in [-0.2, 0) is 4.79 Å². The first-order chi connectivity index (χ1) is 8.74. The minimum Gasteiger partial charge on any atom is -0.326 e. The van der Waals surface area contributed by atoms with Crippen molar-refractivity contribution in [2.45, 2.75) is 13.3 Å². The number of carbonyl (C=O) groups is 1. The molecule has 0 saturated heterocycles. The number of aromatic nitrogens is 2. The first kappa shape index (κ1) is 11.0. The molecule has 1 aromatic heterocycles. The zero-order valence-electron chi connectivity index (χ0n) is 10.2. The molecule has 2 unspecified atom stereocenters. The van der Waals surface area contributed by atoms with E-state index in [0.29, 0.717) is 5.92 Å². The molecule has 4 nitrogen and oxygen atoms in total. The number of nitrogens with one attached hydrogen (secondary N) is 2. The van der Waals surface area contributed by atoms with E-state index in [2.05, 4.69) is 22.4 Å². The Morgan fingerprint density at radius 1 is 1.33 bits per heavy atom. The maximum atomic E-state index is 11.8. The fraction of sp³-hybridized carbons (Fsp3) is 0.286. The average Bonchev–Trinajstić information content (AvgIpc) is 2.91. The van der Waals surface area contributed by atoms with Crippen LogP contribution in [-0.4, -0.2) is 16.1 Å². The Bertz CT molecular complexity index is 545. The van der Waals surface area contributed by atoms with Gasteiger partial charge in [0.1, 0.15) is 0 Å². The molecular formula is C14H15N3O. The van der Waals surface area contributed by atoms with Crippen LogP contribution in [0.1, 0.15) is 13.3 Å². The smallest absolute Gasteiger partial charge is 0.227 e. The predicted molar refractivity (Wildman–Crippen MR) is 69.9 cm³/mol. The van der Waals surface area contributed by atoms with Gasteiger partial charge < -0.3 is 5.32 Å². The minimum absolute atomic E-state index is 0.136. The van der Waals surface area contributed by atoms with Gasteiger partial charge in [0.25, 0.3) is 0 Å². The van der Waals surface area contributed by atoms with Crippen LogP contribution in [0.15, 0.2) is 36.5 Å². The van der Waals surface area contributed by atoms with Crippen molar-refractivity contribution < 1.29 is 4.79 Å². The van der Waals surface area contributed by atoms with Crippen molar-refractivity contribution >= 4 is 11.6 Å². The molecule has 1 amide bonds. The number of carbonyl (C=O) groups excluding carboxylic acids is 1. The molecule has 0 radical (unpaired) electrons. The van der Waals surface area contributed by atoms with Crippen LogP contribution in [0.25, 0.3) is 11.3 Å². The third-order valence-corrected chi connectivity index (χ3v) is 3.41. The fourth-order valence-electron chi connectivity index (χ4n) is 2.07. The molecule has 1 aliphatic carbocycles. The van der Waals surface area contributed by atoms with E-state index in [1.54, 1.807) is 6.20 Å². The second-order valence-corrected chi connectivity index (χ2v) is 4.86. The molecule has 18 heavy (non-hydrogen) atoms. The van der Waals surface area contributed by atoms with Gasteiger partial charge in [0.05, 0.1) is 5.69 Å². The number of hydrogen-bond donors (Lipinski definition) is 2. The molecule has 1 aliphatic rings. The second-order valence-electron chi connectivity index (χ2n) is 4.86. The van der Waals surface area contributed by atoms with Crippen molar-refractivity contribution in [1.29, 1.82) is 0 Å². The Balaban J connectivity index is 1.69. The van der Waals surface area contributed by atoms with Gasteiger partial charge in [0, 0.05) is 17.8 Å². The van der Waals surface area contributed by atoms with Gasteiger partial charge in [-0.05, 0) is 36.1 Å². The maximum Gasteiger partial charge on any atom is 0.227 e. The number of benzene rings is 1. The molecule has 2 atom stereocenters. The maximum absolute atomic E-state index is 11.8. The lowest BCUT2D eigenvalue weighted by Gasteiger charge is -2.05. The molecule has 1 aromatic carbocycles. The molecular weight excluding hydrogens is 226 g/mol. The van der Waals surface area contributed by atoms with E-state index in [1.807, 2.05) is 30.3 Å². The number of rotatable bonds is 3. The van der Waals surface area contributed by atoms with Crippen LogP contribution in [0.4, 0.5) is 5.69 Å². The highest BCUT2D eigenvalue weighted by Crippen LogP contribution is 2.38. The molecule has 0 bridgehead atoms. The number of H-pyrrole nitrogens is 1. The summed E-state index contributed by atoms with van der Waals surface area (Å²) in [4.78, 5) is 11.8. The summed E-state index contributed by atoms with van der Waals surface area (Å²) < 4.78 is 0. The van der Waals surface area contributed by atoms with Gasteiger partial charge in [-0.3, -0.25) is 9.89 Å². The van der Waals surface area contributed by atoms with Gasteiger partial charge in [-0.15, -0.1) is 0 Å². The number of nitrogens with zero attached hydrogens (tertiary/aromatic N) is 1. The molecule has 0 spiro atoms. The largest absolute Gasteiger partial charge is 0.326 e. The van der Waals surface area contributed by atoms with Gasteiger partial charge in [-0.2, -0.15) is 5.10 Å². The van der Waals surface area contributed by atoms with E-state index >= 15 is 0 Å². The molecule has 4 heteroatoms. The summed E-state index contributed by atoms with van der Waals surface area (Å²) in [6.07, 6.45) is 2.73. The van der Waals surface area contributed by atoms with Gasteiger partial charge in [0.2, 0.25) is 5.91 Å². The Hall–Kier alpha value is -2.10. The standard InChI is InChI=1S/C14H15N3O/c1-9-8-12(9)14(18)16-11-4-2-10(3-5-11)13-6-7-15-17-13/h2-7,9,12H,8H2,1H3,(H,15,17)(H,16,18). The fourth-order valence-corrected chi connectivity index (χ4v) is 2.07. The highest BCUT2D eigenvalue weighted by atomic mass is 16.2. The lowest BCUT2D eigenvalue weighted by atomic mass is 10.1. The molecule has 1 heterocycles. The summed E-state index contributed by atoms with van der Waals surface area (Å²) >= 11 is 0. The van der Waals surface area contributed by atoms with Crippen molar-refractivity contribution in [3.05, 3.63) is 36.5 Å². The number of anilines is 1. The SMILES string of the molecule is CC1CC1C(=O)Nc1ccc(-c2ccn[nH]2)cc1. The van der Waals surface area contributed by atoms with Gasteiger partial charge in [-0.25, -0.2) is 0 Å². The van der Waals surface area contributed by atoms with Crippen molar-refractivity contribution in [3.8, 4) is 11.3 Å². The first-order valence-electron chi connectivity index (χ1n) is 6.15. The molecule has 1 fully saturated rings. The number of aromatic amines is 1. The summed E-state index contributed by atoms with van der Waals surface area (Å²) in [5.74, 6) is 0.878. The highest BCUT2D eigenvalue weighted by Gasteiger charge is 2.38. The summed E-state index contributed by atoms with van der Waals surface area (Å²) in [6.45, 7) is 2.10. The molecule has 2 N–H and O–H groups in total. The third kappa shape index (κ3) is 2.14. The number of amides is 1. The zero-order chi connectivity index (χ0) is 12.5. The van der Waals surface area contributed by atoms with E-state index in [4.69, 9.17) is 0 Å². The topological polar surface area (TPSA) is 57.8 Å². The van der Waals surface area contributed by atoms with Crippen LogP contribution in [0, 0.1) is 11.8 Å².